The summed E-state index contributed by atoms with van der Waals surface area (Å²) in [6, 6.07) is 11.8. The summed E-state index contributed by atoms with van der Waals surface area (Å²) in [7, 11) is 1.53. The van der Waals surface area contributed by atoms with Gasteiger partial charge in [0, 0.05) is 17.8 Å². The van der Waals surface area contributed by atoms with E-state index in [2.05, 4.69) is 5.32 Å². The van der Waals surface area contributed by atoms with E-state index < -0.39 is 6.04 Å². The van der Waals surface area contributed by atoms with E-state index in [1.165, 1.54) is 7.11 Å². The van der Waals surface area contributed by atoms with Crippen molar-refractivity contribution in [3.8, 4) is 5.75 Å². The van der Waals surface area contributed by atoms with Gasteiger partial charge >= 0.3 is 0 Å². The first-order valence-corrected chi connectivity index (χ1v) is 7.92. The van der Waals surface area contributed by atoms with Crippen LogP contribution in [0.15, 0.2) is 42.5 Å². The molecule has 0 saturated carbocycles. The Kier molecular flexibility index (Phi) is 4.44. The topological polar surface area (TPSA) is 58.6 Å². The van der Waals surface area contributed by atoms with Gasteiger partial charge in [0.25, 0.3) is 5.91 Å². The van der Waals surface area contributed by atoms with Crippen molar-refractivity contribution in [2.75, 3.05) is 12.4 Å². The molecule has 5 nitrogen and oxygen atoms in total. The SMILES string of the molecule is COc1ccc(NC(=O)[C@@H](C)N2Cc3ccccc3C2=O)cc1Cl. The van der Waals surface area contributed by atoms with Gasteiger partial charge in [-0.3, -0.25) is 9.59 Å². The Labute approximate surface area is 145 Å². The zero-order valence-corrected chi connectivity index (χ0v) is 14.1. The lowest BCUT2D eigenvalue weighted by atomic mass is 10.1. The number of hydrogen-bond acceptors (Lipinski definition) is 3. The highest BCUT2D eigenvalue weighted by molar-refractivity contribution is 6.32. The molecule has 2 amide bonds. The Hall–Kier alpha value is -2.53. The second-order valence-electron chi connectivity index (χ2n) is 5.60. The number of ether oxygens (including phenoxy) is 1. The smallest absolute Gasteiger partial charge is 0.255 e. The van der Waals surface area contributed by atoms with Crippen LogP contribution in [0.5, 0.6) is 5.75 Å². The van der Waals surface area contributed by atoms with Crippen LogP contribution in [0.2, 0.25) is 5.02 Å². The molecule has 0 radical (unpaired) electrons. The molecule has 0 aliphatic carbocycles. The Morgan fingerprint density at radius 2 is 2.04 bits per heavy atom. The average Bonchev–Trinajstić information content (AvgIpc) is 2.91. The summed E-state index contributed by atoms with van der Waals surface area (Å²) in [5.74, 6) is 0.145. The number of amides is 2. The van der Waals surface area contributed by atoms with Crippen LogP contribution >= 0.6 is 11.6 Å². The molecule has 1 atom stereocenters. The highest BCUT2D eigenvalue weighted by Crippen LogP contribution is 2.28. The van der Waals surface area contributed by atoms with Crippen LogP contribution in [0.4, 0.5) is 5.69 Å². The Balaban J connectivity index is 1.72. The van der Waals surface area contributed by atoms with Gasteiger partial charge in [0.15, 0.2) is 0 Å². The number of carbonyl (C=O) groups excluding carboxylic acids is 2. The number of halogens is 1. The summed E-state index contributed by atoms with van der Waals surface area (Å²) in [6.07, 6.45) is 0. The number of fused-ring (bicyclic) bond motifs is 1. The minimum atomic E-state index is -0.592. The fourth-order valence-electron chi connectivity index (χ4n) is 2.72. The molecule has 0 aromatic heterocycles. The van der Waals surface area contributed by atoms with E-state index in [4.69, 9.17) is 16.3 Å². The molecule has 1 heterocycles. The third-order valence-electron chi connectivity index (χ3n) is 4.12. The van der Waals surface area contributed by atoms with Crippen molar-refractivity contribution in [2.45, 2.75) is 19.5 Å². The highest BCUT2D eigenvalue weighted by Gasteiger charge is 2.33. The normalized spacial score (nSPS) is 14.3. The van der Waals surface area contributed by atoms with E-state index in [0.717, 1.165) is 5.56 Å². The third-order valence-corrected chi connectivity index (χ3v) is 4.41. The maximum atomic E-state index is 12.5. The van der Waals surface area contributed by atoms with Gasteiger partial charge in [-0.25, -0.2) is 0 Å². The predicted molar refractivity (Wildman–Crippen MR) is 92.4 cm³/mol. The molecule has 2 aromatic carbocycles. The van der Waals surface area contributed by atoms with Gasteiger partial charge < -0.3 is 15.0 Å². The summed E-state index contributed by atoms with van der Waals surface area (Å²) >= 11 is 6.06. The van der Waals surface area contributed by atoms with Crippen LogP contribution in [-0.4, -0.2) is 29.9 Å². The fourth-order valence-corrected chi connectivity index (χ4v) is 2.98. The zero-order valence-electron chi connectivity index (χ0n) is 13.4. The number of nitrogens with zero attached hydrogens (tertiary/aromatic N) is 1. The number of benzene rings is 2. The van der Waals surface area contributed by atoms with Crippen molar-refractivity contribution >= 4 is 29.1 Å². The molecule has 124 valence electrons. The van der Waals surface area contributed by atoms with E-state index >= 15 is 0 Å². The Morgan fingerprint density at radius 3 is 2.71 bits per heavy atom. The van der Waals surface area contributed by atoms with Crippen LogP contribution in [-0.2, 0) is 11.3 Å². The minimum Gasteiger partial charge on any atom is -0.495 e. The number of methoxy groups -OCH3 is 1. The second kappa shape index (κ2) is 6.53. The average molecular weight is 345 g/mol. The van der Waals surface area contributed by atoms with Crippen LogP contribution in [0.1, 0.15) is 22.8 Å². The van der Waals surface area contributed by atoms with Crippen molar-refractivity contribution in [2.24, 2.45) is 0 Å². The zero-order chi connectivity index (χ0) is 17.3. The number of carbonyl (C=O) groups is 2. The molecule has 0 saturated heterocycles. The maximum Gasteiger partial charge on any atom is 0.255 e. The van der Waals surface area contributed by atoms with E-state index in [0.29, 0.717) is 28.6 Å². The van der Waals surface area contributed by atoms with Gasteiger partial charge in [0.2, 0.25) is 5.91 Å². The van der Waals surface area contributed by atoms with Crippen molar-refractivity contribution in [3.05, 3.63) is 58.6 Å². The summed E-state index contributed by atoms with van der Waals surface area (Å²) in [6.45, 7) is 2.15. The van der Waals surface area contributed by atoms with Crippen LogP contribution in [0, 0.1) is 0 Å². The van der Waals surface area contributed by atoms with E-state index in [-0.39, 0.29) is 11.8 Å². The quantitative estimate of drug-likeness (QED) is 0.925. The first kappa shape index (κ1) is 16.3. The second-order valence-corrected chi connectivity index (χ2v) is 6.01. The number of nitrogens with one attached hydrogen (secondary N) is 1. The van der Waals surface area contributed by atoms with Gasteiger partial charge in [-0.1, -0.05) is 29.8 Å². The molecular weight excluding hydrogens is 328 g/mol. The lowest BCUT2D eigenvalue weighted by molar-refractivity contribution is -0.120. The lowest BCUT2D eigenvalue weighted by Crippen LogP contribution is -2.42. The number of rotatable bonds is 4. The van der Waals surface area contributed by atoms with Gasteiger partial charge in [-0.15, -0.1) is 0 Å². The Morgan fingerprint density at radius 1 is 1.29 bits per heavy atom. The van der Waals surface area contributed by atoms with E-state index in [1.807, 2.05) is 18.2 Å². The Bertz CT molecular complexity index is 807. The number of anilines is 1. The molecule has 6 heteroatoms. The summed E-state index contributed by atoms with van der Waals surface area (Å²) in [5, 5.41) is 3.20. The predicted octanol–water partition coefficient (Wildman–Crippen LogP) is 3.33. The lowest BCUT2D eigenvalue weighted by Gasteiger charge is -2.23. The van der Waals surface area contributed by atoms with Gasteiger partial charge in [-0.2, -0.15) is 0 Å². The molecule has 1 aliphatic heterocycles. The van der Waals surface area contributed by atoms with Crippen LogP contribution in [0.3, 0.4) is 0 Å². The fraction of sp³-hybridized carbons (Fsp3) is 0.222. The number of hydrogen-bond donors (Lipinski definition) is 1. The molecule has 0 fully saturated rings. The van der Waals surface area contributed by atoms with Crippen LogP contribution < -0.4 is 10.1 Å². The summed E-state index contributed by atoms with van der Waals surface area (Å²) in [5.41, 5.74) is 2.15. The summed E-state index contributed by atoms with van der Waals surface area (Å²) < 4.78 is 5.09. The minimum absolute atomic E-state index is 0.124. The first-order chi connectivity index (χ1) is 11.5. The molecule has 1 N–H and O–H groups in total. The van der Waals surface area contributed by atoms with Gasteiger partial charge in [-0.05, 0) is 36.8 Å². The molecule has 0 unspecified atom stereocenters. The maximum absolute atomic E-state index is 12.5. The summed E-state index contributed by atoms with van der Waals surface area (Å²) in [4.78, 5) is 26.5. The molecule has 0 spiro atoms. The molecule has 2 aromatic rings. The highest BCUT2D eigenvalue weighted by atomic mass is 35.5. The van der Waals surface area contributed by atoms with Gasteiger partial charge in [0.05, 0.1) is 12.1 Å². The van der Waals surface area contributed by atoms with Crippen molar-refractivity contribution in [1.82, 2.24) is 4.90 Å². The molecule has 1 aliphatic rings. The van der Waals surface area contributed by atoms with Crippen LogP contribution in [0.25, 0.3) is 0 Å². The largest absolute Gasteiger partial charge is 0.495 e. The molecule has 3 rings (SSSR count). The molecule has 24 heavy (non-hydrogen) atoms. The van der Waals surface area contributed by atoms with Crippen molar-refractivity contribution in [3.63, 3.8) is 0 Å². The van der Waals surface area contributed by atoms with E-state index in [1.54, 1.807) is 36.1 Å². The standard InChI is InChI=1S/C18H17ClN2O3/c1-11(21-10-12-5-3-4-6-14(12)18(21)23)17(22)20-13-7-8-16(24-2)15(19)9-13/h3-9,11H,10H2,1-2H3,(H,20,22)/t11-/m1/s1. The van der Waals surface area contributed by atoms with Crippen molar-refractivity contribution in [1.29, 1.82) is 0 Å². The van der Waals surface area contributed by atoms with Crippen molar-refractivity contribution < 1.29 is 14.3 Å². The van der Waals surface area contributed by atoms with Gasteiger partial charge in [0.1, 0.15) is 11.8 Å². The monoisotopic (exact) mass is 344 g/mol. The first-order valence-electron chi connectivity index (χ1n) is 7.54. The van der Waals surface area contributed by atoms with E-state index in [9.17, 15) is 9.59 Å². The molecular formula is C18H17ClN2O3. The molecule has 0 bridgehead atoms. The third kappa shape index (κ3) is 2.95.